The number of fused-ring (bicyclic) bond motifs is 1. The van der Waals surface area contributed by atoms with Gasteiger partial charge in [-0.3, -0.25) is 4.79 Å². The van der Waals surface area contributed by atoms with E-state index < -0.39 is 0 Å². The predicted molar refractivity (Wildman–Crippen MR) is 173 cm³/mol. The van der Waals surface area contributed by atoms with Gasteiger partial charge in [0.15, 0.2) is 17.3 Å². The zero-order chi connectivity index (χ0) is 30.3. The van der Waals surface area contributed by atoms with Crippen molar-refractivity contribution >= 4 is 17.1 Å². The van der Waals surface area contributed by atoms with Crippen LogP contribution in [-0.4, -0.2) is 29.1 Å². The number of nitrogens with zero attached hydrogens (tertiary/aromatic N) is 3. The molecular weight excluding hydrogens is 538 g/mol. The van der Waals surface area contributed by atoms with Gasteiger partial charge in [0.1, 0.15) is 12.4 Å². The van der Waals surface area contributed by atoms with Crippen molar-refractivity contribution in [2.75, 3.05) is 13.2 Å². The average molecular weight is 576 g/mol. The second kappa shape index (κ2) is 13.4. The molecule has 5 aromatic rings. The molecule has 0 atom stereocenters. The molecule has 220 valence electrons. The van der Waals surface area contributed by atoms with Crippen molar-refractivity contribution in [2.24, 2.45) is 5.10 Å². The highest BCUT2D eigenvalue weighted by molar-refractivity contribution is 5.83. The number of aromatic nitrogens is 2. The molecule has 4 aromatic carbocycles. The first-order chi connectivity index (χ1) is 20.9. The highest BCUT2D eigenvalue weighted by Gasteiger charge is 2.18. The molecule has 0 saturated heterocycles. The largest absolute Gasteiger partial charge is 0.494 e. The van der Waals surface area contributed by atoms with E-state index in [0.717, 1.165) is 33.6 Å². The van der Waals surface area contributed by atoms with E-state index in [9.17, 15) is 4.79 Å². The van der Waals surface area contributed by atoms with Crippen molar-refractivity contribution in [2.45, 2.75) is 47.1 Å². The molecule has 0 unspecified atom stereocenters. The van der Waals surface area contributed by atoms with Gasteiger partial charge in [0, 0.05) is 5.56 Å². The summed E-state index contributed by atoms with van der Waals surface area (Å²) in [7, 11) is 0. The number of rotatable bonds is 11. The molecule has 5 rings (SSSR count). The maximum Gasteiger partial charge on any atom is 0.282 e. The van der Waals surface area contributed by atoms with Crippen LogP contribution in [0.3, 0.4) is 0 Å². The summed E-state index contributed by atoms with van der Waals surface area (Å²) in [6, 6.07) is 27.0. The molecular formula is C36H37N3O4. The Labute approximate surface area is 252 Å². The molecule has 0 bridgehead atoms. The van der Waals surface area contributed by atoms with Crippen LogP contribution in [0.2, 0.25) is 0 Å². The smallest absolute Gasteiger partial charge is 0.282 e. The number of hydrogen-bond acceptors (Lipinski definition) is 6. The van der Waals surface area contributed by atoms with Crippen LogP contribution in [0, 0.1) is 6.92 Å². The normalized spacial score (nSPS) is 11.4. The molecule has 0 saturated carbocycles. The molecule has 7 heteroatoms. The molecule has 0 N–H and O–H groups in total. The van der Waals surface area contributed by atoms with Crippen molar-refractivity contribution in [3.63, 3.8) is 0 Å². The van der Waals surface area contributed by atoms with E-state index in [4.69, 9.17) is 24.3 Å². The van der Waals surface area contributed by atoms with Crippen molar-refractivity contribution in [3.05, 3.63) is 118 Å². The fraction of sp³-hybridized carbons (Fsp3) is 0.250. The molecule has 0 spiro atoms. The highest BCUT2D eigenvalue weighted by atomic mass is 16.5. The summed E-state index contributed by atoms with van der Waals surface area (Å²) in [6.45, 7) is 11.6. The van der Waals surface area contributed by atoms with Gasteiger partial charge in [-0.25, -0.2) is 4.98 Å². The first kappa shape index (κ1) is 29.6. The Morgan fingerprint density at radius 3 is 2.30 bits per heavy atom. The van der Waals surface area contributed by atoms with Crippen molar-refractivity contribution in [1.29, 1.82) is 0 Å². The van der Waals surface area contributed by atoms with Gasteiger partial charge in [-0.05, 0) is 91.4 Å². The minimum Gasteiger partial charge on any atom is -0.494 e. The van der Waals surface area contributed by atoms with Crippen LogP contribution in [0.4, 0.5) is 0 Å². The number of ether oxygens (including phenoxy) is 3. The van der Waals surface area contributed by atoms with Gasteiger partial charge < -0.3 is 14.2 Å². The van der Waals surface area contributed by atoms with E-state index in [2.05, 4.69) is 19.9 Å². The van der Waals surface area contributed by atoms with E-state index in [-0.39, 0.29) is 11.5 Å². The van der Waals surface area contributed by atoms with Crippen LogP contribution < -0.4 is 19.8 Å². The van der Waals surface area contributed by atoms with Gasteiger partial charge in [-0.1, -0.05) is 56.3 Å². The molecule has 0 fully saturated rings. The minimum absolute atomic E-state index is 0.213. The lowest BCUT2D eigenvalue weighted by Gasteiger charge is -2.18. The van der Waals surface area contributed by atoms with Gasteiger partial charge in [-0.15, -0.1) is 0 Å². The summed E-state index contributed by atoms with van der Waals surface area (Å²) in [4.78, 5) is 18.8. The molecule has 0 aliphatic heterocycles. The topological polar surface area (TPSA) is 74.9 Å². The molecule has 43 heavy (non-hydrogen) atoms. The fourth-order valence-corrected chi connectivity index (χ4v) is 4.93. The summed E-state index contributed by atoms with van der Waals surface area (Å²) in [5.74, 6) is 2.77. The van der Waals surface area contributed by atoms with Gasteiger partial charge >= 0.3 is 0 Å². The Kier molecular flexibility index (Phi) is 9.20. The predicted octanol–water partition coefficient (Wildman–Crippen LogP) is 7.75. The van der Waals surface area contributed by atoms with Gasteiger partial charge in [0.25, 0.3) is 5.56 Å². The third kappa shape index (κ3) is 6.61. The van der Waals surface area contributed by atoms with Crippen LogP contribution in [0.5, 0.6) is 17.2 Å². The maximum atomic E-state index is 13.8. The maximum absolute atomic E-state index is 13.8. The first-order valence-electron chi connectivity index (χ1n) is 14.7. The van der Waals surface area contributed by atoms with Crippen molar-refractivity contribution in [1.82, 2.24) is 9.66 Å². The first-order valence-corrected chi connectivity index (χ1v) is 14.7. The quantitative estimate of drug-likeness (QED) is 0.151. The average Bonchev–Trinajstić information content (AvgIpc) is 3.01. The molecule has 0 aliphatic carbocycles. The minimum atomic E-state index is -0.246. The number of para-hydroxylation sites is 1. The standard InChI is InChI=1S/C36H37N3O4/c1-6-41-33-19-25(5)30(21-29(33)24(3)4)35-38-31-16-12-11-15-28(31)36(40)39(35)37-22-27-17-18-32(34(20-27)42-7-2)43-23-26-13-9-8-10-14-26/h8-22,24H,6-7,23H2,1-5H3. The van der Waals surface area contributed by atoms with Gasteiger partial charge in [-0.2, -0.15) is 9.78 Å². The Hall–Kier alpha value is -4.91. The van der Waals surface area contributed by atoms with E-state index in [1.54, 1.807) is 12.3 Å². The summed E-state index contributed by atoms with van der Waals surface area (Å²) in [5, 5.41) is 5.19. The Balaban J connectivity index is 1.58. The third-order valence-electron chi connectivity index (χ3n) is 7.10. The third-order valence-corrected chi connectivity index (χ3v) is 7.10. The highest BCUT2D eigenvalue weighted by Crippen LogP contribution is 2.34. The van der Waals surface area contributed by atoms with Crippen LogP contribution in [-0.2, 0) is 6.61 Å². The lowest BCUT2D eigenvalue weighted by molar-refractivity contribution is 0.269. The molecule has 7 nitrogen and oxygen atoms in total. The van der Waals surface area contributed by atoms with Crippen molar-refractivity contribution in [3.8, 4) is 28.6 Å². The van der Waals surface area contributed by atoms with E-state index in [0.29, 0.717) is 48.0 Å². The van der Waals surface area contributed by atoms with E-state index in [1.807, 2.05) is 93.6 Å². The van der Waals surface area contributed by atoms with Crippen LogP contribution in [0.25, 0.3) is 22.3 Å². The van der Waals surface area contributed by atoms with Crippen LogP contribution in [0.15, 0.2) is 94.8 Å². The Bertz CT molecular complexity index is 1810. The second-order valence-corrected chi connectivity index (χ2v) is 10.5. The number of aryl methyl sites for hydroxylation is 1. The number of benzene rings is 4. The Morgan fingerprint density at radius 1 is 0.837 bits per heavy atom. The van der Waals surface area contributed by atoms with E-state index in [1.165, 1.54) is 4.68 Å². The summed E-state index contributed by atoms with van der Waals surface area (Å²) < 4.78 is 19.3. The number of hydrogen-bond donors (Lipinski definition) is 0. The monoisotopic (exact) mass is 575 g/mol. The molecule has 1 heterocycles. The fourth-order valence-electron chi connectivity index (χ4n) is 4.93. The van der Waals surface area contributed by atoms with Crippen LogP contribution >= 0.6 is 0 Å². The van der Waals surface area contributed by atoms with Gasteiger partial charge in [0.05, 0.1) is 30.3 Å². The van der Waals surface area contributed by atoms with Crippen LogP contribution in [0.1, 0.15) is 55.9 Å². The van der Waals surface area contributed by atoms with E-state index >= 15 is 0 Å². The molecule has 1 aromatic heterocycles. The zero-order valence-corrected chi connectivity index (χ0v) is 25.3. The molecule has 0 amide bonds. The summed E-state index contributed by atoms with van der Waals surface area (Å²) in [5.41, 5.74) is 5.01. The van der Waals surface area contributed by atoms with Crippen molar-refractivity contribution < 1.29 is 14.2 Å². The second-order valence-electron chi connectivity index (χ2n) is 10.5. The molecule has 0 radical (unpaired) electrons. The van der Waals surface area contributed by atoms with Gasteiger partial charge in [0.2, 0.25) is 0 Å². The molecule has 0 aliphatic rings. The SMILES string of the molecule is CCOc1cc(C=Nn2c(-c3cc(C(C)C)c(OCC)cc3C)nc3ccccc3c2=O)ccc1OCc1ccccc1. The lowest BCUT2D eigenvalue weighted by Crippen LogP contribution is -2.21. The lowest BCUT2D eigenvalue weighted by atomic mass is 9.96. The summed E-state index contributed by atoms with van der Waals surface area (Å²) >= 11 is 0. The zero-order valence-electron chi connectivity index (χ0n) is 25.3. The Morgan fingerprint density at radius 2 is 1.56 bits per heavy atom. The summed E-state index contributed by atoms with van der Waals surface area (Å²) in [6.07, 6.45) is 1.65.